The molecule has 0 aliphatic heterocycles. The maximum atomic E-state index is 13.1. The number of hydrogen-bond donors (Lipinski definition) is 1. The molecule has 6 heteroatoms. The molecule has 3 nitrogen and oxygen atoms in total. The zero-order chi connectivity index (χ0) is 17.3. The van der Waals surface area contributed by atoms with Crippen LogP contribution in [-0.2, 0) is 11.0 Å². The van der Waals surface area contributed by atoms with E-state index in [1.54, 1.807) is 0 Å². The lowest BCUT2D eigenvalue weighted by atomic mass is 10.0. The number of nitrogens with two attached hydrogens (primary N) is 1. The molecule has 0 saturated carbocycles. The first-order valence-corrected chi connectivity index (χ1v) is 7.95. The summed E-state index contributed by atoms with van der Waals surface area (Å²) in [6.07, 6.45) is 2.06. The lowest BCUT2D eigenvalue weighted by molar-refractivity contribution is -0.139. The first-order valence-electron chi connectivity index (χ1n) is 7.95. The van der Waals surface area contributed by atoms with E-state index in [2.05, 4.69) is 6.92 Å². The van der Waals surface area contributed by atoms with Gasteiger partial charge in [0.15, 0.2) is 0 Å². The molecule has 130 valence electrons. The first kappa shape index (κ1) is 19.5. The zero-order valence-electron chi connectivity index (χ0n) is 13.4. The fourth-order valence-corrected chi connectivity index (χ4v) is 2.25. The van der Waals surface area contributed by atoms with Gasteiger partial charge in [0.1, 0.15) is 12.0 Å². The minimum atomic E-state index is -4.55. The average molecular weight is 331 g/mol. The Bertz CT molecular complexity index is 489. The topological polar surface area (TPSA) is 52.3 Å². The molecular weight excluding hydrogens is 307 g/mol. The maximum absolute atomic E-state index is 13.1. The van der Waals surface area contributed by atoms with Crippen LogP contribution >= 0.6 is 0 Å². The Morgan fingerprint density at radius 3 is 2.43 bits per heavy atom. The van der Waals surface area contributed by atoms with Crippen LogP contribution in [0.2, 0.25) is 0 Å². The molecule has 0 aliphatic rings. The number of hydrogen-bond acceptors (Lipinski definition) is 3. The molecule has 1 rings (SSSR count). The lowest BCUT2D eigenvalue weighted by Crippen LogP contribution is -2.15. The Labute approximate surface area is 135 Å². The highest BCUT2D eigenvalue weighted by Crippen LogP contribution is 2.37. The second-order valence-corrected chi connectivity index (χ2v) is 5.53. The SMILES string of the molecule is CCCCCCCCOc1ccc(C(N)C=O)cc1C(F)(F)F. The number of halogens is 3. The van der Waals surface area contributed by atoms with Gasteiger partial charge in [0.2, 0.25) is 0 Å². The molecule has 0 aliphatic carbocycles. The summed E-state index contributed by atoms with van der Waals surface area (Å²) >= 11 is 0. The molecule has 0 spiro atoms. The van der Waals surface area contributed by atoms with Gasteiger partial charge in [-0.3, -0.25) is 0 Å². The molecule has 2 N–H and O–H groups in total. The second kappa shape index (κ2) is 9.55. The summed E-state index contributed by atoms with van der Waals surface area (Å²) in [6.45, 7) is 2.37. The largest absolute Gasteiger partial charge is 0.493 e. The molecule has 23 heavy (non-hydrogen) atoms. The normalized spacial score (nSPS) is 12.9. The summed E-state index contributed by atoms with van der Waals surface area (Å²) in [5.74, 6) is -0.215. The van der Waals surface area contributed by atoms with E-state index in [0.717, 1.165) is 38.2 Å². The summed E-state index contributed by atoms with van der Waals surface area (Å²) in [7, 11) is 0. The van der Waals surface area contributed by atoms with Crippen LogP contribution < -0.4 is 10.5 Å². The van der Waals surface area contributed by atoms with Crippen LogP contribution in [0.1, 0.15) is 62.6 Å². The quantitative estimate of drug-likeness (QED) is 0.502. The van der Waals surface area contributed by atoms with Gasteiger partial charge in [0, 0.05) is 0 Å². The van der Waals surface area contributed by atoms with E-state index in [9.17, 15) is 18.0 Å². The molecule has 1 atom stereocenters. The molecule has 0 bridgehead atoms. The van der Waals surface area contributed by atoms with Crippen molar-refractivity contribution in [3.63, 3.8) is 0 Å². The van der Waals surface area contributed by atoms with Gasteiger partial charge in [-0.15, -0.1) is 0 Å². The summed E-state index contributed by atoms with van der Waals surface area (Å²) < 4.78 is 44.6. The number of carbonyl (C=O) groups excluding carboxylic acids is 1. The van der Waals surface area contributed by atoms with Gasteiger partial charge >= 0.3 is 6.18 Å². The number of ether oxygens (including phenoxy) is 1. The van der Waals surface area contributed by atoms with E-state index >= 15 is 0 Å². The van der Waals surface area contributed by atoms with Crippen LogP contribution in [0.25, 0.3) is 0 Å². The number of benzene rings is 1. The molecule has 1 aromatic carbocycles. The second-order valence-electron chi connectivity index (χ2n) is 5.53. The Morgan fingerprint density at radius 1 is 1.17 bits per heavy atom. The Kier molecular flexibility index (Phi) is 8.09. The van der Waals surface area contributed by atoms with E-state index < -0.39 is 17.8 Å². The predicted molar refractivity (Wildman–Crippen MR) is 83.3 cm³/mol. The number of aldehydes is 1. The summed E-state index contributed by atoms with van der Waals surface area (Å²) in [4.78, 5) is 10.6. The highest BCUT2D eigenvalue weighted by molar-refractivity contribution is 5.61. The molecule has 0 aromatic heterocycles. The minimum Gasteiger partial charge on any atom is -0.493 e. The lowest BCUT2D eigenvalue weighted by Gasteiger charge is -2.16. The summed E-state index contributed by atoms with van der Waals surface area (Å²) in [6, 6.07) is 2.45. The fraction of sp³-hybridized carbons (Fsp3) is 0.588. The third-order valence-corrected chi connectivity index (χ3v) is 3.60. The Balaban J connectivity index is 2.65. The monoisotopic (exact) mass is 331 g/mol. The van der Waals surface area contributed by atoms with Crippen LogP contribution in [0.3, 0.4) is 0 Å². The van der Waals surface area contributed by atoms with Crippen molar-refractivity contribution < 1.29 is 22.7 Å². The summed E-state index contributed by atoms with van der Waals surface area (Å²) in [5, 5.41) is 0. The fourth-order valence-electron chi connectivity index (χ4n) is 2.25. The van der Waals surface area contributed by atoms with E-state index in [0.29, 0.717) is 6.29 Å². The third-order valence-electron chi connectivity index (χ3n) is 3.60. The maximum Gasteiger partial charge on any atom is 0.419 e. The first-order chi connectivity index (χ1) is 10.9. The third kappa shape index (κ3) is 6.60. The number of alkyl halides is 3. The van der Waals surface area contributed by atoms with Crippen molar-refractivity contribution in [3.8, 4) is 5.75 Å². The molecule has 0 heterocycles. The molecule has 0 amide bonds. The van der Waals surface area contributed by atoms with Crippen molar-refractivity contribution >= 4 is 6.29 Å². The zero-order valence-corrected chi connectivity index (χ0v) is 13.4. The van der Waals surface area contributed by atoms with Gasteiger partial charge in [0.25, 0.3) is 0 Å². The Morgan fingerprint density at radius 2 is 1.83 bits per heavy atom. The smallest absolute Gasteiger partial charge is 0.419 e. The standard InChI is InChI=1S/C17H24F3NO2/c1-2-3-4-5-6-7-10-23-16-9-8-13(15(21)12-22)11-14(16)17(18,19)20/h8-9,11-12,15H,2-7,10,21H2,1H3. The molecule has 0 radical (unpaired) electrons. The molecule has 1 aromatic rings. The number of carbonyl (C=O) groups is 1. The van der Waals surface area contributed by atoms with Gasteiger partial charge in [-0.05, 0) is 24.1 Å². The van der Waals surface area contributed by atoms with Crippen molar-refractivity contribution in [1.29, 1.82) is 0 Å². The van der Waals surface area contributed by atoms with Gasteiger partial charge < -0.3 is 15.3 Å². The van der Waals surface area contributed by atoms with Gasteiger partial charge in [-0.25, -0.2) is 0 Å². The van der Waals surface area contributed by atoms with Crippen molar-refractivity contribution in [2.75, 3.05) is 6.61 Å². The number of rotatable bonds is 10. The van der Waals surface area contributed by atoms with Crippen molar-refractivity contribution in [3.05, 3.63) is 29.3 Å². The van der Waals surface area contributed by atoms with E-state index in [1.165, 1.54) is 18.6 Å². The van der Waals surface area contributed by atoms with Gasteiger partial charge in [-0.2, -0.15) is 13.2 Å². The van der Waals surface area contributed by atoms with Crippen LogP contribution in [0.5, 0.6) is 5.75 Å². The minimum absolute atomic E-state index is 0.124. The molecule has 0 saturated heterocycles. The Hall–Kier alpha value is -1.56. The molecular formula is C17H24F3NO2. The molecule has 0 fully saturated rings. The van der Waals surface area contributed by atoms with Gasteiger partial charge in [-0.1, -0.05) is 45.1 Å². The van der Waals surface area contributed by atoms with E-state index in [1.807, 2.05) is 0 Å². The van der Waals surface area contributed by atoms with Crippen LogP contribution in [0, 0.1) is 0 Å². The van der Waals surface area contributed by atoms with Crippen molar-refractivity contribution in [1.82, 2.24) is 0 Å². The molecule has 1 unspecified atom stereocenters. The van der Waals surface area contributed by atoms with Crippen LogP contribution in [0.15, 0.2) is 18.2 Å². The van der Waals surface area contributed by atoms with Crippen molar-refractivity contribution in [2.45, 2.75) is 57.7 Å². The predicted octanol–water partition coefficient (Wildman–Crippen LogP) is 4.64. The van der Waals surface area contributed by atoms with Crippen LogP contribution in [-0.4, -0.2) is 12.9 Å². The number of unbranched alkanes of at least 4 members (excludes halogenated alkanes) is 5. The highest BCUT2D eigenvalue weighted by Gasteiger charge is 2.35. The van der Waals surface area contributed by atoms with Crippen LogP contribution in [0.4, 0.5) is 13.2 Å². The van der Waals surface area contributed by atoms with Crippen molar-refractivity contribution in [2.24, 2.45) is 5.73 Å². The average Bonchev–Trinajstić information content (AvgIpc) is 2.52. The highest BCUT2D eigenvalue weighted by atomic mass is 19.4. The van der Waals surface area contributed by atoms with Gasteiger partial charge in [0.05, 0.1) is 18.2 Å². The van der Waals surface area contributed by atoms with E-state index in [4.69, 9.17) is 10.5 Å². The van der Waals surface area contributed by atoms with E-state index in [-0.39, 0.29) is 17.9 Å². The summed E-state index contributed by atoms with van der Waals surface area (Å²) in [5.41, 5.74) is 4.69.